The number of carbonyl (C=O) groups is 2. The Bertz CT molecular complexity index is 859. The minimum Gasteiger partial charge on any atom is -0.444 e. The van der Waals surface area contributed by atoms with Gasteiger partial charge in [-0.3, -0.25) is 9.69 Å². The number of nitrogens with zero attached hydrogens (tertiary/aromatic N) is 1. The van der Waals surface area contributed by atoms with Crippen LogP contribution in [0.2, 0.25) is 0 Å². The highest BCUT2D eigenvalue weighted by Gasteiger charge is 2.34. The van der Waals surface area contributed by atoms with E-state index in [1.165, 1.54) is 11.1 Å². The number of likely N-dealkylation sites (tertiary alicyclic amines) is 1. The molecule has 3 rings (SSSR count). The van der Waals surface area contributed by atoms with E-state index >= 15 is 0 Å². The van der Waals surface area contributed by atoms with E-state index in [2.05, 4.69) is 39.8 Å². The molecule has 1 heterocycles. The number of benzene rings is 2. The average molecular weight is 454 g/mol. The first-order valence-electron chi connectivity index (χ1n) is 11.5. The molecule has 1 aliphatic heterocycles. The van der Waals surface area contributed by atoms with Gasteiger partial charge in [0.15, 0.2) is 0 Å². The van der Waals surface area contributed by atoms with Crippen LogP contribution in [0.4, 0.5) is 4.79 Å². The number of carbonyl (C=O) groups excluding carboxylic acids is 2. The number of nitrogens with one attached hydrogen (secondary N) is 2. The van der Waals surface area contributed by atoms with Gasteiger partial charge in [-0.15, -0.1) is 0 Å². The number of aliphatic hydroxyl groups excluding tert-OH is 1. The molecular formula is C26H35N3O4. The number of ether oxygens (including phenoxy) is 1. The molecule has 178 valence electrons. The van der Waals surface area contributed by atoms with Gasteiger partial charge in [-0.05, 0) is 38.3 Å². The number of aliphatic hydroxyl groups is 1. The number of alkyl carbamates (subject to hydrolysis) is 1. The van der Waals surface area contributed by atoms with Crippen LogP contribution in [-0.2, 0) is 9.53 Å². The van der Waals surface area contributed by atoms with Crippen molar-refractivity contribution in [2.24, 2.45) is 0 Å². The van der Waals surface area contributed by atoms with E-state index in [1.54, 1.807) is 20.8 Å². The van der Waals surface area contributed by atoms with Gasteiger partial charge in [-0.1, -0.05) is 60.7 Å². The Balaban J connectivity index is 1.60. The Morgan fingerprint density at radius 3 is 2.15 bits per heavy atom. The maximum atomic E-state index is 12.4. The highest BCUT2D eigenvalue weighted by molar-refractivity contribution is 5.82. The molecule has 2 aromatic carbocycles. The molecule has 0 radical (unpaired) electrons. The van der Waals surface area contributed by atoms with Gasteiger partial charge in [-0.2, -0.15) is 0 Å². The van der Waals surface area contributed by atoms with Crippen molar-refractivity contribution in [3.63, 3.8) is 0 Å². The fourth-order valence-corrected chi connectivity index (χ4v) is 4.26. The highest BCUT2D eigenvalue weighted by Crippen LogP contribution is 2.29. The van der Waals surface area contributed by atoms with E-state index in [9.17, 15) is 14.7 Å². The van der Waals surface area contributed by atoms with Crippen LogP contribution in [0.3, 0.4) is 0 Å². The van der Waals surface area contributed by atoms with Crippen LogP contribution in [0.25, 0.3) is 0 Å². The predicted octanol–water partition coefficient (Wildman–Crippen LogP) is 2.89. The van der Waals surface area contributed by atoms with Gasteiger partial charge < -0.3 is 20.5 Å². The predicted molar refractivity (Wildman–Crippen MR) is 128 cm³/mol. The number of hydrogen-bond donors (Lipinski definition) is 3. The van der Waals surface area contributed by atoms with Crippen molar-refractivity contribution in [1.82, 2.24) is 15.5 Å². The summed E-state index contributed by atoms with van der Waals surface area (Å²) in [5.41, 5.74) is 1.82. The summed E-state index contributed by atoms with van der Waals surface area (Å²) in [5, 5.41) is 15.5. The summed E-state index contributed by atoms with van der Waals surface area (Å²) in [6, 6.07) is 20.6. The Hall–Kier alpha value is -2.90. The lowest BCUT2D eigenvalue weighted by Crippen LogP contribution is -2.44. The number of amides is 2. The quantitative estimate of drug-likeness (QED) is 0.572. The standard InChI is InChI=1S/C26H35N3O4/c1-26(2,3)33-25(32)27-15-24(31)28-21-14-22(18-30)29(16-21)17-23(19-10-6-4-7-11-19)20-12-8-5-9-13-20/h4-13,21-23,30H,14-18H2,1-3H3,(H,27,32)(H,28,31)/t21-,22-/m0/s1. The van der Waals surface area contributed by atoms with Crippen LogP contribution in [0.5, 0.6) is 0 Å². The third-order valence-electron chi connectivity index (χ3n) is 5.72. The lowest BCUT2D eigenvalue weighted by atomic mass is 9.90. The van der Waals surface area contributed by atoms with Gasteiger partial charge in [0, 0.05) is 31.1 Å². The molecule has 2 amide bonds. The van der Waals surface area contributed by atoms with E-state index < -0.39 is 11.7 Å². The maximum Gasteiger partial charge on any atom is 0.408 e. The lowest BCUT2D eigenvalue weighted by Gasteiger charge is -2.28. The molecule has 0 unspecified atom stereocenters. The fraction of sp³-hybridized carbons (Fsp3) is 0.462. The molecule has 1 aliphatic rings. The van der Waals surface area contributed by atoms with E-state index in [0.29, 0.717) is 13.0 Å². The molecule has 0 saturated carbocycles. The largest absolute Gasteiger partial charge is 0.444 e. The summed E-state index contributed by atoms with van der Waals surface area (Å²) in [6.45, 7) is 6.57. The smallest absolute Gasteiger partial charge is 0.408 e. The van der Waals surface area contributed by atoms with Gasteiger partial charge in [-0.25, -0.2) is 4.79 Å². The molecule has 0 spiro atoms. The molecule has 2 aromatic rings. The minimum atomic E-state index is -0.618. The highest BCUT2D eigenvalue weighted by atomic mass is 16.6. The van der Waals surface area contributed by atoms with Gasteiger partial charge >= 0.3 is 6.09 Å². The summed E-state index contributed by atoms with van der Waals surface area (Å²) in [6.07, 6.45) is 0.0397. The fourth-order valence-electron chi connectivity index (χ4n) is 4.26. The molecule has 3 N–H and O–H groups in total. The average Bonchev–Trinajstić information content (AvgIpc) is 3.17. The molecule has 0 aromatic heterocycles. The molecule has 1 fully saturated rings. The van der Waals surface area contributed by atoms with E-state index in [-0.39, 0.29) is 37.1 Å². The summed E-state index contributed by atoms with van der Waals surface area (Å²) < 4.78 is 5.17. The molecule has 2 atom stereocenters. The van der Waals surface area contributed by atoms with Crippen LogP contribution in [0.15, 0.2) is 60.7 Å². The third-order valence-corrected chi connectivity index (χ3v) is 5.72. The molecule has 7 heteroatoms. The molecular weight excluding hydrogens is 418 g/mol. The zero-order chi connectivity index (χ0) is 23.8. The Kier molecular flexibility index (Phi) is 8.47. The van der Waals surface area contributed by atoms with E-state index in [4.69, 9.17) is 4.74 Å². The molecule has 7 nitrogen and oxygen atoms in total. The summed E-state index contributed by atoms with van der Waals surface area (Å²) in [4.78, 5) is 26.4. The number of rotatable bonds is 8. The molecule has 0 aliphatic carbocycles. The Morgan fingerprint density at radius 1 is 1.06 bits per heavy atom. The second-order valence-corrected chi connectivity index (χ2v) is 9.52. The third kappa shape index (κ3) is 7.58. The van der Waals surface area contributed by atoms with Crippen LogP contribution in [-0.4, -0.2) is 65.9 Å². The molecule has 1 saturated heterocycles. The van der Waals surface area contributed by atoms with Crippen molar-refractivity contribution in [3.05, 3.63) is 71.8 Å². The first kappa shape index (κ1) is 24.7. The van der Waals surface area contributed by atoms with Gasteiger partial charge in [0.25, 0.3) is 0 Å². The van der Waals surface area contributed by atoms with Crippen LogP contribution in [0.1, 0.15) is 44.2 Å². The van der Waals surface area contributed by atoms with E-state index in [1.807, 2.05) is 36.4 Å². The summed E-state index contributed by atoms with van der Waals surface area (Å²) in [5.74, 6) is -0.114. The van der Waals surface area contributed by atoms with E-state index in [0.717, 1.165) is 6.54 Å². The molecule has 0 bridgehead atoms. The summed E-state index contributed by atoms with van der Waals surface area (Å²) in [7, 11) is 0. The topological polar surface area (TPSA) is 90.9 Å². The number of hydrogen-bond acceptors (Lipinski definition) is 5. The normalized spacial score (nSPS) is 18.8. The van der Waals surface area contributed by atoms with Crippen LogP contribution >= 0.6 is 0 Å². The second-order valence-electron chi connectivity index (χ2n) is 9.52. The van der Waals surface area contributed by atoms with Crippen molar-refractivity contribution in [3.8, 4) is 0 Å². The monoisotopic (exact) mass is 453 g/mol. The minimum absolute atomic E-state index is 0.0266. The van der Waals surface area contributed by atoms with Crippen molar-refractivity contribution < 1.29 is 19.4 Å². The van der Waals surface area contributed by atoms with Crippen molar-refractivity contribution in [1.29, 1.82) is 0 Å². The zero-order valence-electron chi connectivity index (χ0n) is 19.7. The van der Waals surface area contributed by atoms with Crippen molar-refractivity contribution in [2.45, 2.75) is 50.8 Å². The van der Waals surface area contributed by atoms with Crippen molar-refractivity contribution >= 4 is 12.0 Å². The maximum absolute atomic E-state index is 12.4. The van der Waals surface area contributed by atoms with Gasteiger partial charge in [0.05, 0.1) is 6.61 Å². The SMILES string of the molecule is CC(C)(C)OC(=O)NCC(=O)N[C@H]1C[C@@H](CO)N(CC(c2ccccc2)c2ccccc2)C1. The van der Waals surface area contributed by atoms with Crippen molar-refractivity contribution in [2.75, 3.05) is 26.2 Å². The second kappa shape index (κ2) is 11.3. The first-order valence-corrected chi connectivity index (χ1v) is 11.5. The van der Waals surface area contributed by atoms with Crippen LogP contribution in [0, 0.1) is 0 Å². The Morgan fingerprint density at radius 2 is 1.64 bits per heavy atom. The Labute approximate surface area is 196 Å². The summed E-state index contributed by atoms with van der Waals surface area (Å²) >= 11 is 0. The first-order chi connectivity index (χ1) is 15.7. The van der Waals surface area contributed by atoms with Gasteiger partial charge in [0.2, 0.25) is 5.91 Å². The van der Waals surface area contributed by atoms with Crippen LogP contribution < -0.4 is 10.6 Å². The molecule has 33 heavy (non-hydrogen) atoms. The zero-order valence-corrected chi connectivity index (χ0v) is 19.7. The lowest BCUT2D eigenvalue weighted by molar-refractivity contribution is -0.120. The van der Waals surface area contributed by atoms with Gasteiger partial charge in [0.1, 0.15) is 12.1 Å².